The van der Waals surface area contributed by atoms with E-state index in [0.717, 1.165) is 11.4 Å². The topological polar surface area (TPSA) is 36.4 Å². The van der Waals surface area contributed by atoms with Crippen molar-refractivity contribution >= 4 is 17.0 Å². The minimum Gasteiger partial charge on any atom is -0.389 e. The second-order valence-corrected chi connectivity index (χ2v) is 4.93. The van der Waals surface area contributed by atoms with Gasteiger partial charge in [-0.25, -0.2) is 9.37 Å². The molecule has 1 aromatic carbocycles. The molecule has 0 spiro atoms. The average Bonchev–Trinajstić information content (AvgIpc) is 2.81. The van der Waals surface area contributed by atoms with Crippen molar-refractivity contribution < 1.29 is 9.50 Å². The van der Waals surface area contributed by atoms with Gasteiger partial charge in [-0.05, 0) is 25.1 Å². The molecule has 0 aliphatic rings. The summed E-state index contributed by atoms with van der Waals surface area (Å²) in [6.45, 7) is 2.27. The Bertz CT molecular complexity index is 514. The average molecular weight is 266 g/mol. The number of aliphatic hydroxyl groups is 1. The number of hydrogen-bond donors (Lipinski definition) is 1. The number of halogens is 1. The summed E-state index contributed by atoms with van der Waals surface area (Å²) in [5.74, 6) is -0.336. The smallest absolute Gasteiger partial charge is 0.123 e. The molecule has 18 heavy (non-hydrogen) atoms. The first-order valence-corrected chi connectivity index (χ1v) is 6.58. The number of benzene rings is 1. The first kappa shape index (κ1) is 13.0. The second kappa shape index (κ2) is 5.46. The fourth-order valence-corrected chi connectivity index (χ4v) is 2.40. The molecule has 0 amide bonds. The first-order chi connectivity index (χ1) is 8.58. The lowest BCUT2D eigenvalue weighted by Gasteiger charge is -2.23. The minimum atomic E-state index is -0.700. The van der Waals surface area contributed by atoms with Crippen LogP contribution in [0.1, 0.15) is 24.3 Å². The predicted molar refractivity (Wildman–Crippen MR) is 71.3 cm³/mol. The van der Waals surface area contributed by atoms with E-state index in [2.05, 4.69) is 4.98 Å². The van der Waals surface area contributed by atoms with E-state index in [1.165, 1.54) is 12.1 Å². The van der Waals surface area contributed by atoms with Crippen molar-refractivity contribution in [3.63, 3.8) is 0 Å². The molecule has 1 heterocycles. The van der Waals surface area contributed by atoms with Crippen molar-refractivity contribution in [3.8, 4) is 0 Å². The van der Waals surface area contributed by atoms with Gasteiger partial charge in [-0.3, -0.25) is 0 Å². The van der Waals surface area contributed by atoms with Crippen LogP contribution in [-0.2, 0) is 6.54 Å². The van der Waals surface area contributed by atoms with Crippen LogP contribution >= 0.6 is 11.3 Å². The summed E-state index contributed by atoms with van der Waals surface area (Å²) in [7, 11) is 1.90. The molecule has 0 radical (unpaired) electrons. The molecule has 0 bridgehead atoms. The molecular formula is C13H15FN2OS. The summed E-state index contributed by atoms with van der Waals surface area (Å²) < 4.78 is 13.2. The van der Waals surface area contributed by atoms with Crippen LogP contribution in [0.25, 0.3) is 0 Å². The molecule has 0 aliphatic heterocycles. The molecule has 0 fully saturated rings. The maximum atomic E-state index is 13.2. The molecule has 1 atom stereocenters. The van der Waals surface area contributed by atoms with Gasteiger partial charge in [0.05, 0.1) is 23.9 Å². The molecule has 0 saturated carbocycles. The van der Waals surface area contributed by atoms with Crippen molar-refractivity contribution in [3.05, 3.63) is 46.2 Å². The molecule has 2 aromatic rings. The summed E-state index contributed by atoms with van der Waals surface area (Å²) in [5, 5.41) is 11.7. The van der Waals surface area contributed by atoms with E-state index in [1.54, 1.807) is 29.8 Å². The van der Waals surface area contributed by atoms with Crippen molar-refractivity contribution in [1.29, 1.82) is 0 Å². The summed E-state index contributed by atoms with van der Waals surface area (Å²) in [4.78, 5) is 6.17. The van der Waals surface area contributed by atoms with Gasteiger partial charge in [-0.2, -0.15) is 0 Å². The van der Waals surface area contributed by atoms with Gasteiger partial charge in [-0.1, -0.05) is 0 Å². The maximum absolute atomic E-state index is 13.2. The predicted octanol–water partition coefficient (Wildman–Crippen LogP) is 2.97. The van der Waals surface area contributed by atoms with Crippen LogP contribution in [0.3, 0.4) is 0 Å². The zero-order chi connectivity index (χ0) is 13.1. The highest BCUT2D eigenvalue weighted by Gasteiger charge is 2.13. The molecule has 2 rings (SSSR count). The molecular weight excluding hydrogens is 251 g/mol. The van der Waals surface area contributed by atoms with E-state index < -0.39 is 6.10 Å². The lowest BCUT2D eigenvalue weighted by atomic mass is 10.1. The molecule has 0 aliphatic carbocycles. The zero-order valence-corrected chi connectivity index (χ0v) is 11.1. The number of nitrogens with zero attached hydrogens (tertiary/aromatic N) is 2. The lowest BCUT2D eigenvalue weighted by Crippen LogP contribution is -2.19. The fraction of sp³-hybridized carbons (Fsp3) is 0.308. The molecule has 96 valence electrons. The van der Waals surface area contributed by atoms with E-state index in [-0.39, 0.29) is 5.82 Å². The molecule has 1 N–H and O–H groups in total. The molecule has 1 unspecified atom stereocenters. The van der Waals surface area contributed by atoms with Crippen molar-refractivity contribution in [1.82, 2.24) is 4.98 Å². The monoisotopic (exact) mass is 266 g/mol. The third kappa shape index (κ3) is 2.86. The highest BCUT2D eigenvalue weighted by Crippen LogP contribution is 2.27. The van der Waals surface area contributed by atoms with Crippen molar-refractivity contribution in [2.75, 3.05) is 11.9 Å². The van der Waals surface area contributed by atoms with Crippen molar-refractivity contribution in [2.24, 2.45) is 0 Å². The van der Waals surface area contributed by atoms with Gasteiger partial charge < -0.3 is 10.0 Å². The SMILES string of the molecule is CC(O)c1cc(F)ccc1N(C)Cc1cscn1. The van der Waals surface area contributed by atoms with E-state index in [9.17, 15) is 9.50 Å². The number of rotatable bonds is 4. The Balaban J connectivity index is 2.26. The van der Waals surface area contributed by atoms with Crippen LogP contribution in [0, 0.1) is 5.82 Å². The largest absolute Gasteiger partial charge is 0.389 e. The molecule has 1 aromatic heterocycles. The number of aliphatic hydroxyl groups excluding tert-OH is 1. The van der Waals surface area contributed by atoms with Gasteiger partial charge in [0.2, 0.25) is 0 Å². The van der Waals surface area contributed by atoms with Crippen LogP contribution in [0.15, 0.2) is 29.1 Å². The Kier molecular flexibility index (Phi) is 3.93. The number of aromatic nitrogens is 1. The number of anilines is 1. The third-order valence-corrected chi connectivity index (χ3v) is 3.37. The van der Waals surface area contributed by atoms with Gasteiger partial charge in [0.1, 0.15) is 5.82 Å². The minimum absolute atomic E-state index is 0.336. The summed E-state index contributed by atoms with van der Waals surface area (Å²) in [6.07, 6.45) is -0.700. The Morgan fingerprint density at radius 1 is 1.50 bits per heavy atom. The van der Waals surface area contributed by atoms with Crippen LogP contribution in [0.2, 0.25) is 0 Å². The Morgan fingerprint density at radius 2 is 2.28 bits per heavy atom. The van der Waals surface area contributed by atoms with Gasteiger partial charge in [0.15, 0.2) is 0 Å². The second-order valence-electron chi connectivity index (χ2n) is 4.21. The summed E-state index contributed by atoms with van der Waals surface area (Å²) in [6, 6.07) is 4.46. The third-order valence-electron chi connectivity index (χ3n) is 2.73. The fourth-order valence-electron chi connectivity index (χ4n) is 1.85. The van der Waals surface area contributed by atoms with E-state index in [4.69, 9.17) is 0 Å². The van der Waals surface area contributed by atoms with E-state index in [1.807, 2.05) is 17.3 Å². The van der Waals surface area contributed by atoms with Crippen LogP contribution in [-0.4, -0.2) is 17.1 Å². The number of thiazole rings is 1. The van der Waals surface area contributed by atoms with Crippen molar-refractivity contribution in [2.45, 2.75) is 19.6 Å². The molecule has 3 nitrogen and oxygen atoms in total. The highest BCUT2D eigenvalue weighted by molar-refractivity contribution is 7.07. The Hall–Kier alpha value is -1.46. The zero-order valence-electron chi connectivity index (χ0n) is 10.3. The van der Waals surface area contributed by atoms with Gasteiger partial charge >= 0.3 is 0 Å². The standard InChI is InChI=1S/C13H15FN2OS/c1-9(17)12-5-10(14)3-4-13(12)16(2)6-11-7-18-8-15-11/h3-5,7-9,17H,6H2,1-2H3. The molecule has 0 saturated heterocycles. The van der Waals surface area contributed by atoms with Crippen LogP contribution < -0.4 is 4.90 Å². The van der Waals surface area contributed by atoms with Crippen LogP contribution in [0.5, 0.6) is 0 Å². The first-order valence-electron chi connectivity index (χ1n) is 5.63. The summed E-state index contributed by atoms with van der Waals surface area (Å²) >= 11 is 1.54. The normalized spacial score (nSPS) is 12.4. The Morgan fingerprint density at radius 3 is 2.89 bits per heavy atom. The van der Waals surface area contributed by atoms with Gasteiger partial charge in [0.25, 0.3) is 0 Å². The summed E-state index contributed by atoms with van der Waals surface area (Å²) in [5.41, 5.74) is 4.15. The van der Waals surface area contributed by atoms with Gasteiger partial charge in [0, 0.05) is 23.7 Å². The maximum Gasteiger partial charge on any atom is 0.123 e. The Labute approximate surface area is 110 Å². The van der Waals surface area contributed by atoms with Gasteiger partial charge in [-0.15, -0.1) is 11.3 Å². The van der Waals surface area contributed by atoms with E-state index in [0.29, 0.717) is 12.1 Å². The lowest BCUT2D eigenvalue weighted by molar-refractivity contribution is 0.199. The van der Waals surface area contributed by atoms with Crippen LogP contribution in [0.4, 0.5) is 10.1 Å². The number of hydrogen-bond acceptors (Lipinski definition) is 4. The highest BCUT2D eigenvalue weighted by atomic mass is 32.1. The molecule has 5 heteroatoms. The quantitative estimate of drug-likeness (QED) is 0.924. The van der Waals surface area contributed by atoms with E-state index >= 15 is 0 Å².